The summed E-state index contributed by atoms with van der Waals surface area (Å²) in [4.78, 5) is 6.93. The van der Waals surface area contributed by atoms with Crippen molar-refractivity contribution >= 4 is 11.6 Å². The largest absolute Gasteiger partial charge is 0.469 e. The highest BCUT2D eigenvalue weighted by Crippen LogP contribution is 2.28. The van der Waals surface area contributed by atoms with Gasteiger partial charge in [0.2, 0.25) is 5.82 Å². The summed E-state index contributed by atoms with van der Waals surface area (Å²) in [5.74, 6) is -0.152. The molecule has 0 saturated heterocycles. The van der Waals surface area contributed by atoms with E-state index in [9.17, 15) is 13.2 Å². The predicted molar refractivity (Wildman–Crippen MR) is 72.1 cm³/mol. The van der Waals surface area contributed by atoms with Crippen LogP contribution in [0.1, 0.15) is 18.5 Å². The second-order valence-electron chi connectivity index (χ2n) is 4.25. The number of furan rings is 1. The van der Waals surface area contributed by atoms with E-state index in [1.807, 2.05) is 0 Å². The molecule has 2 rings (SSSR count). The van der Waals surface area contributed by atoms with Crippen molar-refractivity contribution in [1.29, 1.82) is 0 Å². The maximum absolute atomic E-state index is 12.7. The smallest absolute Gasteiger partial charge is 0.451 e. The van der Waals surface area contributed by atoms with Gasteiger partial charge in [-0.15, -0.1) is 0 Å². The third-order valence-electron chi connectivity index (χ3n) is 2.60. The number of nitrogens with zero attached hydrogens (tertiary/aromatic N) is 2. The van der Waals surface area contributed by atoms with E-state index in [1.54, 1.807) is 25.3 Å². The molecular formula is C13H15F3N4O. The number of aromatic nitrogens is 2. The number of anilines is 2. The lowest BCUT2D eigenvalue weighted by Gasteiger charge is -2.11. The standard InChI is InChI=1S/C13H15F3N4O/c1-2-17-10-8-11(20-12(19-10)13(14,15)16)18-6-5-9-4-3-7-21-9/h3-4,7-8H,2,5-6H2,1H3,(H2,17,18,19,20). The molecule has 0 amide bonds. The molecule has 2 aromatic rings. The summed E-state index contributed by atoms with van der Waals surface area (Å²) in [5.41, 5.74) is 0. The van der Waals surface area contributed by atoms with Gasteiger partial charge in [-0.1, -0.05) is 0 Å². The molecule has 0 saturated carbocycles. The molecule has 2 N–H and O–H groups in total. The number of rotatable bonds is 6. The summed E-state index contributed by atoms with van der Waals surface area (Å²) in [7, 11) is 0. The molecule has 0 atom stereocenters. The Balaban J connectivity index is 2.08. The van der Waals surface area contributed by atoms with Crippen LogP contribution in [-0.4, -0.2) is 23.1 Å². The van der Waals surface area contributed by atoms with Crippen LogP contribution in [0.5, 0.6) is 0 Å². The van der Waals surface area contributed by atoms with E-state index >= 15 is 0 Å². The first kappa shape index (κ1) is 15.1. The highest BCUT2D eigenvalue weighted by Gasteiger charge is 2.35. The van der Waals surface area contributed by atoms with Gasteiger partial charge in [-0.05, 0) is 19.1 Å². The lowest BCUT2D eigenvalue weighted by atomic mass is 10.3. The number of hydrogen-bond donors (Lipinski definition) is 2. The molecule has 2 aromatic heterocycles. The molecule has 0 aliphatic rings. The Kier molecular flexibility index (Phi) is 4.66. The van der Waals surface area contributed by atoms with E-state index in [1.165, 1.54) is 6.07 Å². The summed E-state index contributed by atoms with van der Waals surface area (Å²) in [6, 6.07) is 5.00. The molecule has 0 spiro atoms. The SMILES string of the molecule is CCNc1cc(NCCc2ccco2)nc(C(F)(F)F)n1. The fourth-order valence-corrected chi connectivity index (χ4v) is 1.70. The van der Waals surface area contributed by atoms with Crippen molar-refractivity contribution in [1.82, 2.24) is 9.97 Å². The zero-order valence-electron chi connectivity index (χ0n) is 11.4. The van der Waals surface area contributed by atoms with Gasteiger partial charge >= 0.3 is 6.18 Å². The highest BCUT2D eigenvalue weighted by molar-refractivity contribution is 5.47. The van der Waals surface area contributed by atoms with Gasteiger partial charge in [0.15, 0.2) is 0 Å². The van der Waals surface area contributed by atoms with E-state index in [0.29, 0.717) is 19.5 Å². The van der Waals surface area contributed by atoms with Crippen molar-refractivity contribution in [3.63, 3.8) is 0 Å². The van der Waals surface area contributed by atoms with Gasteiger partial charge in [-0.3, -0.25) is 0 Å². The second kappa shape index (κ2) is 6.47. The number of hydrogen-bond acceptors (Lipinski definition) is 5. The molecular weight excluding hydrogens is 285 g/mol. The lowest BCUT2D eigenvalue weighted by Crippen LogP contribution is -2.16. The van der Waals surface area contributed by atoms with Gasteiger partial charge < -0.3 is 15.1 Å². The fraction of sp³-hybridized carbons (Fsp3) is 0.385. The Morgan fingerprint density at radius 1 is 1.19 bits per heavy atom. The average Bonchev–Trinajstić information content (AvgIpc) is 2.91. The van der Waals surface area contributed by atoms with Crippen molar-refractivity contribution in [3.05, 3.63) is 36.0 Å². The van der Waals surface area contributed by atoms with E-state index in [-0.39, 0.29) is 11.6 Å². The lowest BCUT2D eigenvalue weighted by molar-refractivity contribution is -0.144. The molecule has 0 aliphatic carbocycles. The minimum atomic E-state index is -4.58. The number of halogens is 3. The molecule has 0 fully saturated rings. The van der Waals surface area contributed by atoms with Gasteiger partial charge in [0.25, 0.3) is 0 Å². The van der Waals surface area contributed by atoms with Crippen LogP contribution in [-0.2, 0) is 12.6 Å². The third kappa shape index (κ3) is 4.37. The van der Waals surface area contributed by atoms with Crippen molar-refractivity contribution in [2.24, 2.45) is 0 Å². The van der Waals surface area contributed by atoms with Gasteiger partial charge in [0, 0.05) is 25.6 Å². The first-order chi connectivity index (χ1) is 9.99. The third-order valence-corrected chi connectivity index (χ3v) is 2.60. The molecule has 8 heteroatoms. The summed E-state index contributed by atoms with van der Waals surface area (Å²) >= 11 is 0. The van der Waals surface area contributed by atoms with Gasteiger partial charge in [-0.25, -0.2) is 9.97 Å². The van der Waals surface area contributed by atoms with Crippen LogP contribution in [0.4, 0.5) is 24.8 Å². The quantitative estimate of drug-likeness (QED) is 0.858. The Labute approximate surface area is 119 Å². The zero-order valence-corrected chi connectivity index (χ0v) is 11.4. The summed E-state index contributed by atoms with van der Waals surface area (Å²) in [6.07, 6.45) is -2.48. The molecule has 21 heavy (non-hydrogen) atoms. The Morgan fingerprint density at radius 2 is 1.90 bits per heavy atom. The number of nitrogens with one attached hydrogen (secondary N) is 2. The minimum Gasteiger partial charge on any atom is -0.469 e. The first-order valence-electron chi connectivity index (χ1n) is 6.45. The van der Waals surface area contributed by atoms with Crippen LogP contribution in [0, 0.1) is 0 Å². The van der Waals surface area contributed by atoms with Gasteiger partial charge in [-0.2, -0.15) is 13.2 Å². The van der Waals surface area contributed by atoms with Crippen LogP contribution in [0.15, 0.2) is 28.9 Å². The van der Waals surface area contributed by atoms with Gasteiger partial charge in [0.1, 0.15) is 17.4 Å². The zero-order chi connectivity index (χ0) is 15.3. The Morgan fingerprint density at radius 3 is 2.48 bits per heavy atom. The summed E-state index contributed by atoms with van der Waals surface area (Å²) in [5, 5.41) is 5.60. The molecule has 2 heterocycles. The van der Waals surface area contributed by atoms with Crippen molar-refractivity contribution in [2.75, 3.05) is 23.7 Å². The van der Waals surface area contributed by atoms with Crippen molar-refractivity contribution in [3.8, 4) is 0 Å². The van der Waals surface area contributed by atoms with Crippen LogP contribution in [0.2, 0.25) is 0 Å². The Bertz CT molecular complexity index is 569. The van der Waals surface area contributed by atoms with Crippen LogP contribution in [0.25, 0.3) is 0 Å². The summed E-state index contributed by atoms with van der Waals surface area (Å²) < 4.78 is 43.4. The molecule has 0 unspecified atom stereocenters. The maximum atomic E-state index is 12.7. The van der Waals surface area contributed by atoms with Crippen molar-refractivity contribution < 1.29 is 17.6 Å². The summed E-state index contributed by atoms with van der Waals surface area (Å²) in [6.45, 7) is 2.66. The fourth-order valence-electron chi connectivity index (χ4n) is 1.70. The van der Waals surface area contributed by atoms with Crippen LogP contribution in [0.3, 0.4) is 0 Å². The average molecular weight is 300 g/mol. The second-order valence-corrected chi connectivity index (χ2v) is 4.25. The van der Waals surface area contributed by atoms with E-state index in [2.05, 4.69) is 20.6 Å². The molecule has 0 aromatic carbocycles. The van der Waals surface area contributed by atoms with Gasteiger partial charge in [0.05, 0.1) is 6.26 Å². The van der Waals surface area contributed by atoms with E-state index in [4.69, 9.17) is 4.42 Å². The van der Waals surface area contributed by atoms with Crippen LogP contribution >= 0.6 is 0 Å². The monoisotopic (exact) mass is 300 g/mol. The normalized spacial score (nSPS) is 11.4. The van der Waals surface area contributed by atoms with Crippen molar-refractivity contribution in [2.45, 2.75) is 19.5 Å². The molecule has 5 nitrogen and oxygen atoms in total. The van der Waals surface area contributed by atoms with E-state index in [0.717, 1.165) is 5.76 Å². The predicted octanol–water partition coefficient (Wildman–Crippen LogP) is 3.17. The number of alkyl halides is 3. The van der Waals surface area contributed by atoms with Crippen LogP contribution < -0.4 is 10.6 Å². The minimum absolute atomic E-state index is 0.125. The first-order valence-corrected chi connectivity index (χ1v) is 6.45. The Hall–Kier alpha value is -2.25. The molecule has 0 radical (unpaired) electrons. The van der Waals surface area contributed by atoms with E-state index < -0.39 is 12.0 Å². The maximum Gasteiger partial charge on any atom is 0.451 e. The molecule has 0 aliphatic heterocycles. The molecule has 0 bridgehead atoms. The molecule has 114 valence electrons. The topological polar surface area (TPSA) is 63.0 Å². The highest BCUT2D eigenvalue weighted by atomic mass is 19.4.